The van der Waals surface area contributed by atoms with Gasteiger partial charge in [0, 0.05) is 43.9 Å². The summed E-state index contributed by atoms with van der Waals surface area (Å²) in [5.41, 5.74) is 8.30. The molecule has 4 fully saturated rings. The highest BCUT2D eigenvalue weighted by molar-refractivity contribution is 5.87. The average Bonchev–Trinajstić information content (AvgIpc) is 3.85. The first kappa shape index (κ1) is 38.7. The lowest BCUT2D eigenvalue weighted by Gasteiger charge is -2.30. The number of ether oxygens (including phenoxy) is 2. The normalized spacial score (nSPS) is 23.2. The molecule has 3 amide bonds. The standard InChI is InChI=1S/C46H52N8O5/c1-26(58-2)40(53-46(57)59-3)45(56)54-21-5-7-37(54)42-48-24-35(51-42)29-12-8-27(9-13-29)28-10-14-30(15-11-28)36-25-49-43(52-36)38-32-18-19-33(22-32)39(38)44(55)50-23-34-6-4-20-47-41(34)31-16-17-31/h4,6,8-15,20,24-26,31-33,37-40H,5,7,16-19,21-23H2,1-3H3,(H,48,51)(H,49,52)(H,50,55)(H,53,57)/t26-,32?,33?,37+,38?,39?,40+/m1/s1. The molecule has 59 heavy (non-hydrogen) atoms. The van der Waals surface area contributed by atoms with Crippen LogP contribution in [0.5, 0.6) is 0 Å². The van der Waals surface area contributed by atoms with Crippen LogP contribution in [-0.4, -0.2) is 80.6 Å². The minimum Gasteiger partial charge on any atom is -0.453 e. The molecule has 1 saturated heterocycles. The van der Waals surface area contributed by atoms with Crippen LogP contribution in [0.25, 0.3) is 33.6 Å². The first-order valence-corrected chi connectivity index (χ1v) is 21.0. The Balaban J connectivity index is 0.845. The van der Waals surface area contributed by atoms with Crippen LogP contribution in [0.15, 0.2) is 79.3 Å². The van der Waals surface area contributed by atoms with Crippen LogP contribution in [0, 0.1) is 17.8 Å². The molecule has 1 aliphatic heterocycles. The molecule has 13 heteroatoms. The van der Waals surface area contributed by atoms with Crippen LogP contribution < -0.4 is 10.6 Å². The Hall–Kier alpha value is -5.82. The van der Waals surface area contributed by atoms with E-state index in [0.717, 1.165) is 82.8 Å². The molecule has 2 bridgehead atoms. The Morgan fingerprint density at radius 1 is 0.814 bits per heavy atom. The first-order valence-electron chi connectivity index (χ1n) is 21.0. The minimum atomic E-state index is -0.885. The SMILES string of the molecule is COC(=O)N[C@H](C(=O)N1CCC[C@H]1c1ncc(-c2ccc(-c3ccc(-c4cnc(C5C6CCC(C6)C5C(=O)NCc5cccnc5C5CC5)[nH]4)cc3)cc2)[nH]1)[C@@H](C)OC. The van der Waals surface area contributed by atoms with Gasteiger partial charge in [-0.25, -0.2) is 14.8 Å². The summed E-state index contributed by atoms with van der Waals surface area (Å²) in [6, 6.07) is 19.8. The van der Waals surface area contributed by atoms with E-state index in [9.17, 15) is 14.4 Å². The monoisotopic (exact) mass is 796 g/mol. The van der Waals surface area contributed by atoms with E-state index < -0.39 is 18.2 Å². The summed E-state index contributed by atoms with van der Waals surface area (Å²) in [5.74, 6) is 2.95. The van der Waals surface area contributed by atoms with E-state index in [4.69, 9.17) is 14.5 Å². The van der Waals surface area contributed by atoms with E-state index in [1.54, 1.807) is 18.0 Å². The van der Waals surface area contributed by atoms with Crippen LogP contribution in [0.4, 0.5) is 4.79 Å². The molecule has 2 aromatic carbocycles. The number of hydrogen-bond acceptors (Lipinski definition) is 8. The zero-order valence-electron chi connectivity index (χ0n) is 33.8. The third-order valence-electron chi connectivity index (χ3n) is 13.2. The first-order chi connectivity index (χ1) is 28.8. The summed E-state index contributed by atoms with van der Waals surface area (Å²) < 4.78 is 10.2. The highest BCUT2D eigenvalue weighted by Gasteiger charge is 2.52. The fourth-order valence-corrected chi connectivity index (χ4v) is 9.87. The van der Waals surface area contributed by atoms with Gasteiger partial charge in [0.25, 0.3) is 0 Å². The number of amides is 3. The van der Waals surface area contributed by atoms with Crippen molar-refractivity contribution >= 4 is 17.9 Å². The van der Waals surface area contributed by atoms with E-state index in [-0.39, 0.29) is 29.7 Å². The summed E-state index contributed by atoms with van der Waals surface area (Å²) in [7, 11) is 2.78. The number of aromatic amines is 2. The van der Waals surface area contributed by atoms with E-state index >= 15 is 0 Å². The zero-order chi connectivity index (χ0) is 40.6. The van der Waals surface area contributed by atoms with E-state index in [0.29, 0.717) is 36.7 Å². The maximum Gasteiger partial charge on any atom is 0.407 e. The van der Waals surface area contributed by atoms with Crippen molar-refractivity contribution in [1.82, 2.24) is 40.5 Å². The van der Waals surface area contributed by atoms with Gasteiger partial charge in [0.1, 0.15) is 17.7 Å². The van der Waals surface area contributed by atoms with E-state index in [1.807, 2.05) is 18.5 Å². The van der Waals surface area contributed by atoms with Gasteiger partial charge >= 0.3 is 6.09 Å². The zero-order valence-corrected chi connectivity index (χ0v) is 33.8. The molecule has 4 unspecified atom stereocenters. The third kappa shape index (κ3) is 7.75. The highest BCUT2D eigenvalue weighted by atomic mass is 16.5. The Labute approximate surface area is 344 Å². The van der Waals surface area contributed by atoms with Gasteiger partial charge in [-0.1, -0.05) is 54.6 Å². The highest BCUT2D eigenvalue weighted by Crippen LogP contribution is 2.56. The molecular formula is C46H52N8O5. The minimum absolute atomic E-state index is 0.0753. The van der Waals surface area contributed by atoms with Gasteiger partial charge < -0.3 is 35.0 Å². The topological polar surface area (TPSA) is 167 Å². The molecule has 9 rings (SSSR count). The van der Waals surface area contributed by atoms with E-state index in [1.165, 1.54) is 27.1 Å². The Morgan fingerprint density at radius 3 is 2.12 bits per heavy atom. The number of carbonyl (C=O) groups is 3. The number of pyridine rings is 1. The summed E-state index contributed by atoms with van der Waals surface area (Å²) in [4.78, 5) is 62.5. The molecule has 4 aliphatic rings. The molecule has 3 saturated carbocycles. The van der Waals surface area contributed by atoms with Gasteiger partial charge in [0.05, 0.1) is 49.0 Å². The molecule has 5 aromatic rings. The summed E-state index contributed by atoms with van der Waals surface area (Å²) in [6.07, 6.45) is 11.6. The summed E-state index contributed by atoms with van der Waals surface area (Å²) in [6.45, 7) is 2.83. The van der Waals surface area contributed by atoms with Gasteiger partial charge in [0.15, 0.2) is 0 Å². The molecule has 4 N–H and O–H groups in total. The maximum atomic E-state index is 13.8. The summed E-state index contributed by atoms with van der Waals surface area (Å²) >= 11 is 0. The van der Waals surface area contributed by atoms with Crippen molar-refractivity contribution < 1.29 is 23.9 Å². The number of imidazole rings is 2. The molecule has 7 atom stereocenters. The number of nitrogens with zero attached hydrogens (tertiary/aromatic N) is 4. The number of hydrogen-bond donors (Lipinski definition) is 4. The van der Waals surface area contributed by atoms with Gasteiger partial charge in [0.2, 0.25) is 11.8 Å². The maximum absolute atomic E-state index is 13.8. The van der Waals surface area contributed by atoms with E-state index in [2.05, 4.69) is 85.2 Å². The van der Waals surface area contributed by atoms with Crippen molar-refractivity contribution in [3.8, 4) is 33.6 Å². The summed E-state index contributed by atoms with van der Waals surface area (Å²) in [5, 5.41) is 5.93. The van der Waals surface area contributed by atoms with Gasteiger partial charge in [-0.15, -0.1) is 0 Å². The molecule has 3 aliphatic carbocycles. The van der Waals surface area contributed by atoms with Crippen LogP contribution in [0.3, 0.4) is 0 Å². The number of aromatic nitrogens is 5. The Kier molecular flexibility index (Phi) is 10.8. The number of likely N-dealkylation sites (tertiary alicyclic amines) is 1. The number of fused-ring (bicyclic) bond motifs is 2. The second kappa shape index (κ2) is 16.4. The molecule has 13 nitrogen and oxygen atoms in total. The number of methoxy groups -OCH3 is 2. The largest absolute Gasteiger partial charge is 0.453 e. The molecular weight excluding hydrogens is 745 g/mol. The number of carbonyl (C=O) groups excluding carboxylic acids is 3. The van der Waals surface area contributed by atoms with Crippen molar-refractivity contribution in [2.24, 2.45) is 17.8 Å². The van der Waals surface area contributed by atoms with Crippen molar-refractivity contribution in [3.63, 3.8) is 0 Å². The smallest absolute Gasteiger partial charge is 0.407 e. The second-order valence-electron chi connectivity index (χ2n) is 16.7. The number of rotatable bonds is 13. The van der Waals surface area contributed by atoms with Crippen molar-refractivity contribution in [1.29, 1.82) is 0 Å². The second-order valence-corrected chi connectivity index (χ2v) is 16.7. The lowest BCUT2D eigenvalue weighted by molar-refractivity contribution is -0.137. The molecule has 306 valence electrons. The molecule has 0 spiro atoms. The lowest BCUT2D eigenvalue weighted by atomic mass is 9.78. The predicted octanol–water partition coefficient (Wildman–Crippen LogP) is 7.28. The number of nitrogens with one attached hydrogen (secondary N) is 4. The van der Waals surface area contributed by atoms with Crippen LogP contribution in [-0.2, 0) is 25.6 Å². The number of alkyl carbamates (subject to hydrolysis) is 1. The Morgan fingerprint density at radius 2 is 1.46 bits per heavy atom. The van der Waals surface area contributed by atoms with Gasteiger partial charge in [-0.05, 0) is 97.6 Å². The average molecular weight is 797 g/mol. The van der Waals surface area contributed by atoms with Crippen LogP contribution in [0.1, 0.15) is 92.7 Å². The number of H-pyrrole nitrogens is 2. The van der Waals surface area contributed by atoms with Crippen LogP contribution >= 0.6 is 0 Å². The van der Waals surface area contributed by atoms with Gasteiger partial charge in [-0.3, -0.25) is 14.6 Å². The number of benzene rings is 2. The van der Waals surface area contributed by atoms with Crippen LogP contribution in [0.2, 0.25) is 0 Å². The fraction of sp³-hybridized carbons (Fsp3) is 0.435. The predicted molar refractivity (Wildman–Crippen MR) is 222 cm³/mol. The van der Waals surface area contributed by atoms with Crippen molar-refractivity contribution in [2.45, 2.75) is 88.4 Å². The molecule has 3 aromatic heterocycles. The Bertz CT molecular complexity index is 2300. The quantitative estimate of drug-likeness (QED) is 0.0965. The molecule has 0 radical (unpaired) electrons. The van der Waals surface area contributed by atoms with Crippen molar-refractivity contribution in [2.75, 3.05) is 20.8 Å². The van der Waals surface area contributed by atoms with Gasteiger partial charge in [-0.2, -0.15) is 0 Å². The fourth-order valence-electron chi connectivity index (χ4n) is 9.87. The third-order valence-corrected chi connectivity index (χ3v) is 13.2. The van der Waals surface area contributed by atoms with Crippen molar-refractivity contribution in [3.05, 3.63) is 102 Å². The lowest BCUT2D eigenvalue weighted by Crippen LogP contribution is -2.54. The molecule has 4 heterocycles.